The number of anilines is 1. The molecule has 0 radical (unpaired) electrons. The molecular weight excluding hydrogens is 355 g/mol. The van der Waals surface area contributed by atoms with Crippen LogP contribution in [0.3, 0.4) is 0 Å². The molecule has 0 aliphatic carbocycles. The molecule has 1 heterocycles. The van der Waals surface area contributed by atoms with E-state index in [0.29, 0.717) is 18.2 Å². The van der Waals surface area contributed by atoms with Crippen LogP contribution in [0.2, 0.25) is 0 Å². The normalized spacial score (nSPS) is 10.8. The maximum atomic E-state index is 13.4. The molecule has 0 atom stereocenters. The summed E-state index contributed by atoms with van der Waals surface area (Å²) < 4.78 is 13.4. The van der Waals surface area contributed by atoms with Crippen molar-refractivity contribution in [2.75, 3.05) is 39.0 Å². The average molecular weight is 378 g/mol. The molecule has 2 aromatic rings. The molecule has 0 unspecified atom stereocenters. The molecule has 0 saturated heterocycles. The Labute approximate surface area is 156 Å². The topological polar surface area (TPSA) is 65.5 Å². The number of aromatic nitrogens is 1. The summed E-state index contributed by atoms with van der Waals surface area (Å²) in [6, 6.07) is 5.48. The molecule has 0 bridgehead atoms. The number of hydrogen-bond donors (Lipinski definition) is 1. The number of aryl methyl sites for hydroxylation is 2. The van der Waals surface area contributed by atoms with Gasteiger partial charge in [-0.05, 0) is 46.1 Å². The summed E-state index contributed by atoms with van der Waals surface area (Å²) in [7, 11) is 3.76. The Morgan fingerprint density at radius 1 is 1.23 bits per heavy atom. The predicted molar refractivity (Wildman–Crippen MR) is 101 cm³/mol. The Morgan fingerprint density at radius 3 is 2.54 bits per heavy atom. The summed E-state index contributed by atoms with van der Waals surface area (Å²) in [6.07, 6.45) is 0. The van der Waals surface area contributed by atoms with Crippen molar-refractivity contribution in [1.29, 1.82) is 0 Å². The SMILES string of the molecule is Cc1nc(NC(=O)CN(CCN(C)C)C(=O)c2cccc(F)c2)sc1C. The highest BCUT2D eigenvalue weighted by Crippen LogP contribution is 2.21. The first-order valence-electron chi connectivity index (χ1n) is 8.19. The third kappa shape index (κ3) is 5.60. The van der Waals surface area contributed by atoms with Gasteiger partial charge in [0.1, 0.15) is 12.4 Å². The van der Waals surface area contributed by atoms with Crippen molar-refractivity contribution in [3.05, 3.63) is 46.2 Å². The predicted octanol–water partition coefficient (Wildman–Crippen LogP) is 2.54. The van der Waals surface area contributed by atoms with Gasteiger partial charge in [-0.3, -0.25) is 9.59 Å². The molecule has 1 aromatic heterocycles. The Balaban J connectivity index is 2.10. The number of carbonyl (C=O) groups is 2. The van der Waals surface area contributed by atoms with Crippen molar-refractivity contribution < 1.29 is 14.0 Å². The Kier molecular flexibility index (Phi) is 6.82. The van der Waals surface area contributed by atoms with Crippen LogP contribution in [-0.4, -0.2) is 60.3 Å². The number of nitrogens with one attached hydrogen (secondary N) is 1. The van der Waals surface area contributed by atoms with E-state index in [1.807, 2.05) is 32.8 Å². The van der Waals surface area contributed by atoms with Gasteiger partial charge in [-0.1, -0.05) is 6.07 Å². The minimum Gasteiger partial charge on any atom is -0.328 e. The zero-order valence-electron chi connectivity index (χ0n) is 15.4. The quantitative estimate of drug-likeness (QED) is 0.804. The van der Waals surface area contributed by atoms with Crippen LogP contribution in [0.25, 0.3) is 0 Å². The Morgan fingerprint density at radius 2 is 1.96 bits per heavy atom. The minimum absolute atomic E-state index is 0.124. The largest absolute Gasteiger partial charge is 0.328 e. The molecule has 1 aromatic carbocycles. The van der Waals surface area contributed by atoms with Crippen molar-refractivity contribution in [2.45, 2.75) is 13.8 Å². The number of nitrogens with zero attached hydrogens (tertiary/aromatic N) is 3. The monoisotopic (exact) mass is 378 g/mol. The number of amides is 2. The first-order valence-corrected chi connectivity index (χ1v) is 9.01. The van der Waals surface area contributed by atoms with Gasteiger partial charge in [0, 0.05) is 23.5 Å². The summed E-state index contributed by atoms with van der Waals surface area (Å²) >= 11 is 1.39. The smallest absolute Gasteiger partial charge is 0.254 e. The first-order chi connectivity index (χ1) is 12.3. The van der Waals surface area contributed by atoms with E-state index in [0.717, 1.165) is 10.6 Å². The molecule has 2 amide bonds. The third-order valence-corrected chi connectivity index (χ3v) is 4.77. The van der Waals surface area contributed by atoms with Gasteiger partial charge in [0.25, 0.3) is 5.91 Å². The van der Waals surface area contributed by atoms with E-state index in [4.69, 9.17) is 0 Å². The maximum absolute atomic E-state index is 13.4. The zero-order chi connectivity index (χ0) is 19.3. The van der Waals surface area contributed by atoms with Crippen molar-refractivity contribution in [1.82, 2.24) is 14.8 Å². The highest BCUT2D eigenvalue weighted by atomic mass is 32.1. The van der Waals surface area contributed by atoms with Crippen molar-refractivity contribution in [3.63, 3.8) is 0 Å². The van der Waals surface area contributed by atoms with Gasteiger partial charge in [-0.2, -0.15) is 0 Å². The number of halogens is 1. The molecular formula is C18H23FN4O2S. The molecule has 140 valence electrons. The van der Waals surface area contributed by atoms with E-state index in [-0.39, 0.29) is 23.9 Å². The molecule has 0 aliphatic heterocycles. The zero-order valence-corrected chi connectivity index (χ0v) is 16.2. The van der Waals surface area contributed by atoms with Gasteiger partial charge in [0.05, 0.1) is 5.69 Å². The molecule has 0 spiro atoms. The molecule has 8 heteroatoms. The highest BCUT2D eigenvalue weighted by molar-refractivity contribution is 7.15. The van der Waals surface area contributed by atoms with E-state index in [9.17, 15) is 14.0 Å². The van der Waals surface area contributed by atoms with Crippen LogP contribution in [0.4, 0.5) is 9.52 Å². The first kappa shape index (κ1) is 20.0. The van der Waals surface area contributed by atoms with Crippen LogP contribution < -0.4 is 5.32 Å². The van der Waals surface area contributed by atoms with Gasteiger partial charge in [0.15, 0.2) is 5.13 Å². The number of rotatable bonds is 7. The summed E-state index contributed by atoms with van der Waals surface area (Å²) in [4.78, 5) is 33.7. The maximum Gasteiger partial charge on any atom is 0.254 e. The lowest BCUT2D eigenvalue weighted by molar-refractivity contribution is -0.116. The van der Waals surface area contributed by atoms with Gasteiger partial charge < -0.3 is 15.1 Å². The molecule has 6 nitrogen and oxygen atoms in total. The van der Waals surface area contributed by atoms with Crippen LogP contribution in [0.5, 0.6) is 0 Å². The fourth-order valence-electron chi connectivity index (χ4n) is 2.24. The second kappa shape index (κ2) is 8.86. The van der Waals surface area contributed by atoms with Crippen LogP contribution in [0.15, 0.2) is 24.3 Å². The van der Waals surface area contributed by atoms with E-state index >= 15 is 0 Å². The van der Waals surface area contributed by atoms with Crippen molar-refractivity contribution in [2.24, 2.45) is 0 Å². The lowest BCUT2D eigenvalue weighted by Gasteiger charge is -2.24. The Bertz CT molecular complexity index is 772. The summed E-state index contributed by atoms with van der Waals surface area (Å²) in [6.45, 7) is 4.62. The van der Waals surface area contributed by atoms with Crippen LogP contribution in [0, 0.1) is 19.7 Å². The summed E-state index contributed by atoms with van der Waals surface area (Å²) in [5, 5.41) is 3.24. The van der Waals surface area contributed by atoms with Gasteiger partial charge in [0.2, 0.25) is 5.91 Å². The highest BCUT2D eigenvalue weighted by Gasteiger charge is 2.20. The number of carbonyl (C=O) groups excluding carboxylic acids is 2. The molecule has 2 rings (SSSR count). The standard InChI is InChI=1S/C18H23FN4O2S/c1-12-13(2)26-18(20-12)21-16(24)11-23(9-8-22(3)4)17(25)14-6-5-7-15(19)10-14/h5-7,10H,8-9,11H2,1-4H3,(H,20,21,24). The van der Waals surface area contributed by atoms with E-state index in [1.165, 1.54) is 34.4 Å². The average Bonchev–Trinajstić information content (AvgIpc) is 2.88. The third-order valence-electron chi connectivity index (χ3n) is 3.79. The molecule has 0 saturated carbocycles. The van der Waals surface area contributed by atoms with E-state index in [1.54, 1.807) is 6.07 Å². The van der Waals surface area contributed by atoms with Gasteiger partial charge >= 0.3 is 0 Å². The molecule has 0 fully saturated rings. The summed E-state index contributed by atoms with van der Waals surface area (Å²) in [5.41, 5.74) is 1.09. The van der Waals surface area contributed by atoms with Crippen LogP contribution in [0.1, 0.15) is 20.9 Å². The van der Waals surface area contributed by atoms with Crippen molar-refractivity contribution >= 4 is 28.3 Å². The molecule has 26 heavy (non-hydrogen) atoms. The van der Waals surface area contributed by atoms with Crippen LogP contribution in [-0.2, 0) is 4.79 Å². The minimum atomic E-state index is -0.485. The fourth-order valence-corrected chi connectivity index (χ4v) is 3.07. The van der Waals surface area contributed by atoms with Gasteiger partial charge in [-0.15, -0.1) is 11.3 Å². The van der Waals surface area contributed by atoms with Crippen molar-refractivity contribution in [3.8, 4) is 0 Å². The number of likely N-dealkylation sites (N-methyl/N-ethyl adjacent to an activating group) is 1. The summed E-state index contributed by atoms with van der Waals surface area (Å²) in [5.74, 6) is -1.20. The second-order valence-corrected chi connectivity index (χ2v) is 7.45. The lowest BCUT2D eigenvalue weighted by Crippen LogP contribution is -2.41. The van der Waals surface area contributed by atoms with E-state index < -0.39 is 5.82 Å². The van der Waals surface area contributed by atoms with Crippen LogP contribution >= 0.6 is 11.3 Å². The van der Waals surface area contributed by atoms with E-state index in [2.05, 4.69) is 10.3 Å². The molecule has 0 aliphatic rings. The lowest BCUT2D eigenvalue weighted by atomic mass is 10.2. The number of thiazole rings is 1. The number of hydrogen-bond acceptors (Lipinski definition) is 5. The Hall–Kier alpha value is -2.32. The van der Waals surface area contributed by atoms with Gasteiger partial charge in [-0.25, -0.2) is 9.37 Å². The fraction of sp³-hybridized carbons (Fsp3) is 0.389. The molecule has 1 N–H and O–H groups in total. The number of benzene rings is 1. The second-order valence-electron chi connectivity index (χ2n) is 6.25.